The number of hydrogen-bond donors (Lipinski definition) is 2. The van der Waals surface area contributed by atoms with E-state index in [2.05, 4.69) is 22.5 Å². The van der Waals surface area contributed by atoms with Gasteiger partial charge in [0.2, 0.25) is 5.76 Å². The Morgan fingerprint density at radius 2 is 2.05 bits per heavy atom. The normalized spacial score (nSPS) is 10.4. The molecule has 0 radical (unpaired) electrons. The lowest BCUT2D eigenvalue weighted by atomic mass is 10.2. The SMILES string of the molecule is CCNCc1ccc(NC(=O)c2ocnc2C)cc1. The van der Waals surface area contributed by atoms with Gasteiger partial charge in [0, 0.05) is 12.2 Å². The number of hydrogen-bond acceptors (Lipinski definition) is 4. The second-order valence-electron chi connectivity index (χ2n) is 4.20. The smallest absolute Gasteiger partial charge is 0.293 e. The van der Waals surface area contributed by atoms with Crippen molar-refractivity contribution in [1.82, 2.24) is 10.3 Å². The van der Waals surface area contributed by atoms with Crippen molar-refractivity contribution in [2.75, 3.05) is 11.9 Å². The van der Waals surface area contributed by atoms with E-state index in [0.29, 0.717) is 5.69 Å². The molecule has 0 bridgehead atoms. The Hall–Kier alpha value is -2.14. The molecule has 0 fully saturated rings. The molecule has 1 amide bonds. The third-order valence-electron chi connectivity index (χ3n) is 2.74. The molecule has 19 heavy (non-hydrogen) atoms. The number of carbonyl (C=O) groups is 1. The van der Waals surface area contributed by atoms with Crippen molar-refractivity contribution in [3.05, 3.63) is 47.7 Å². The first kappa shape index (κ1) is 13.3. The molecule has 1 aromatic carbocycles. The van der Waals surface area contributed by atoms with Crippen LogP contribution in [0.1, 0.15) is 28.7 Å². The fourth-order valence-electron chi connectivity index (χ4n) is 1.68. The van der Waals surface area contributed by atoms with Gasteiger partial charge in [-0.1, -0.05) is 19.1 Å². The lowest BCUT2D eigenvalue weighted by Crippen LogP contribution is -2.13. The molecule has 100 valence electrons. The minimum atomic E-state index is -0.283. The predicted molar refractivity (Wildman–Crippen MR) is 73.0 cm³/mol. The van der Waals surface area contributed by atoms with Gasteiger partial charge in [0.25, 0.3) is 5.91 Å². The van der Waals surface area contributed by atoms with Crippen molar-refractivity contribution in [1.29, 1.82) is 0 Å². The van der Waals surface area contributed by atoms with Crippen LogP contribution in [0.3, 0.4) is 0 Å². The van der Waals surface area contributed by atoms with Gasteiger partial charge in [-0.05, 0) is 31.2 Å². The van der Waals surface area contributed by atoms with Gasteiger partial charge in [0.05, 0.1) is 5.69 Å². The molecule has 0 saturated heterocycles. The number of aryl methyl sites for hydroxylation is 1. The highest BCUT2D eigenvalue weighted by atomic mass is 16.3. The maximum absolute atomic E-state index is 11.9. The lowest BCUT2D eigenvalue weighted by molar-refractivity contribution is 0.0996. The molecule has 2 aromatic rings. The van der Waals surface area contributed by atoms with Crippen LogP contribution in [0.25, 0.3) is 0 Å². The summed E-state index contributed by atoms with van der Waals surface area (Å²) < 4.78 is 5.04. The first-order valence-electron chi connectivity index (χ1n) is 6.21. The number of nitrogens with zero attached hydrogens (tertiary/aromatic N) is 1. The van der Waals surface area contributed by atoms with Crippen LogP contribution in [0, 0.1) is 6.92 Å². The highest BCUT2D eigenvalue weighted by Crippen LogP contribution is 2.12. The molecule has 0 aliphatic heterocycles. The molecule has 0 atom stereocenters. The monoisotopic (exact) mass is 259 g/mol. The maximum Gasteiger partial charge on any atom is 0.293 e. The van der Waals surface area contributed by atoms with Gasteiger partial charge in [0.15, 0.2) is 6.39 Å². The highest BCUT2D eigenvalue weighted by molar-refractivity contribution is 6.02. The standard InChI is InChI=1S/C14H17N3O2/c1-3-15-8-11-4-6-12(7-5-11)17-14(18)13-10(2)16-9-19-13/h4-7,9,15H,3,8H2,1-2H3,(H,17,18). The Bertz CT molecular complexity index is 546. The average molecular weight is 259 g/mol. The van der Waals surface area contributed by atoms with E-state index in [1.807, 2.05) is 24.3 Å². The van der Waals surface area contributed by atoms with E-state index in [1.54, 1.807) is 6.92 Å². The minimum Gasteiger partial charge on any atom is -0.438 e. The van der Waals surface area contributed by atoms with Crippen LogP contribution in [-0.4, -0.2) is 17.4 Å². The van der Waals surface area contributed by atoms with Gasteiger partial charge in [-0.15, -0.1) is 0 Å². The van der Waals surface area contributed by atoms with E-state index in [4.69, 9.17) is 4.42 Å². The summed E-state index contributed by atoms with van der Waals surface area (Å²) in [4.78, 5) is 15.8. The van der Waals surface area contributed by atoms with Crippen molar-refractivity contribution in [2.45, 2.75) is 20.4 Å². The topological polar surface area (TPSA) is 67.2 Å². The summed E-state index contributed by atoms with van der Waals surface area (Å²) in [5, 5.41) is 6.02. The quantitative estimate of drug-likeness (QED) is 0.865. The molecule has 0 saturated carbocycles. The number of aromatic nitrogens is 1. The Morgan fingerprint density at radius 3 is 2.63 bits per heavy atom. The second kappa shape index (κ2) is 6.15. The van der Waals surface area contributed by atoms with Gasteiger partial charge >= 0.3 is 0 Å². The molecule has 1 aromatic heterocycles. The number of benzene rings is 1. The summed E-state index contributed by atoms with van der Waals surface area (Å²) in [5.74, 6) is -0.0360. The summed E-state index contributed by atoms with van der Waals surface area (Å²) in [6, 6.07) is 7.70. The van der Waals surface area contributed by atoms with Crippen LogP contribution < -0.4 is 10.6 Å². The number of oxazole rings is 1. The Balaban J connectivity index is 2.00. The summed E-state index contributed by atoms with van der Waals surface area (Å²) in [6.45, 7) is 5.56. The fraction of sp³-hybridized carbons (Fsp3) is 0.286. The summed E-state index contributed by atoms with van der Waals surface area (Å²) in [6.07, 6.45) is 1.27. The zero-order valence-corrected chi connectivity index (χ0v) is 11.1. The Morgan fingerprint density at radius 1 is 1.32 bits per heavy atom. The number of anilines is 1. The van der Waals surface area contributed by atoms with Crippen LogP contribution in [0.5, 0.6) is 0 Å². The van der Waals surface area contributed by atoms with Gasteiger partial charge in [-0.25, -0.2) is 4.98 Å². The minimum absolute atomic E-state index is 0.247. The summed E-state index contributed by atoms with van der Waals surface area (Å²) in [5.41, 5.74) is 2.50. The van der Waals surface area contributed by atoms with Gasteiger partial charge in [-0.3, -0.25) is 4.79 Å². The zero-order chi connectivity index (χ0) is 13.7. The molecule has 0 spiro atoms. The third-order valence-corrected chi connectivity index (χ3v) is 2.74. The third kappa shape index (κ3) is 3.42. The molecule has 2 rings (SSSR count). The molecule has 2 N–H and O–H groups in total. The second-order valence-corrected chi connectivity index (χ2v) is 4.20. The van der Waals surface area contributed by atoms with Gasteiger partial charge in [0.1, 0.15) is 0 Å². The number of amides is 1. The van der Waals surface area contributed by atoms with E-state index in [0.717, 1.165) is 18.8 Å². The largest absolute Gasteiger partial charge is 0.438 e. The average Bonchev–Trinajstić information content (AvgIpc) is 2.84. The van der Waals surface area contributed by atoms with E-state index in [9.17, 15) is 4.79 Å². The van der Waals surface area contributed by atoms with Crippen molar-refractivity contribution in [2.24, 2.45) is 0 Å². The number of rotatable bonds is 5. The molecule has 1 heterocycles. The molecule has 0 aliphatic carbocycles. The first-order valence-corrected chi connectivity index (χ1v) is 6.21. The molecule has 0 unspecified atom stereocenters. The van der Waals surface area contributed by atoms with E-state index < -0.39 is 0 Å². The predicted octanol–water partition coefficient (Wildman–Crippen LogP) is 2.34. The lowest BCUT2D eigenvalue weighted by Gasteiger charge is -2.06. The summed E-state index contributed by atoms with van der Waals surface area (Å²) >= 11 is 0. The van der Waals surface area contributed by atoms with Crippen molar-refractivity contribution in [3.8, 4) is 0 Å². The molecule has 5 nitrogen and oxygen atoms in total. The Kier molecular flexibility index (Phi) is 4.30. The molecular weight excluding hydrogens is 242 g/mol. The Labute approximate surface area is 112 Å². The van der Waals surface area contributed by atoms with Gasteiger partial charge < -0.3 is 15.1 Å². The van der Waals surface area contributed by atoms with Crippen LogP contribution >= 0.6 is 0 Å². The van der Waals surface area contributed by atoms with Gasteiger partial charge in [-0.2, -0.15) is 0 Å². The zero-order valence-electron chi connectivity index (χ0n) is 11.1. The van der Waals surface area contributed by atoms with Crippen LogP contribution in [0.15, 0.2) is 35.1 Å². The van der Waals surface area contributed by atoms with Crippen molar-refractivity contribution >= 4 is 11.6 Å². The van der Waals surface area contributed by atoms with Crippen molar-refractivity contribution < 1.29 is 9.21 Å². The summed E-state index contributed by atoms with van der Waals surface area (Å²) in [7, 11) is 0. The van der Waals surface area contributed by atoms with Crippen molar-refractivity contribution in [3.63, 3.8) is 0 Å². The number of carbonyl (C=O) groups excluding carboxylic acids is 1. The molecule has 5 heteroatoms. The van der Waals surface area contributed by atoms with E-state index in [1.165, 1.54) is 12.0 Å². The van der Waals surface area contributed by atoms with E-state index in [-0.39, 0.29) is 11.7 Å². The molecule has 0 aliphatic rings. The number of nitrogens with one attached hydrogen (secondary N) is 2. The first-order chi connectivity index (χ1) is 9.20. The highest BCUT2D eigenvalue weighted by Gasteiger charge is 2.13. The van der Waals surface area contributed by atoms with E-state index >= 15 is 0 Å². The van der Waals surface area contributed by atoms with Crippen LogP contribution in [0.4, 0.5) is 5.69 Å². The van der Waals surface area contributed by atoms with Crippen LogP contribution in [-0.2, 0) is 6.54 Å². The van der Waals surface area contributed by atoms with Crippen LogP contribution in [0.2, 0.25) is 0 Å². The molecular formula is C14H17N3O2. The maximum atomic E-state index is 11.9. The fourth-order valence-corrected chi connectivity index (χ4v) is 1.68.